The third-order valence-electron chi connectivity index (χ3n) is 6.35. The molecule has 2 atom stereocenters. The second-order valence-electron chi connectivity index (χ2n) is 8.07. The van der Waals surface area contributed by atoms with Crippen molar-refractivity contribution in [1.29, 1.82) is 0 Å². The van der Waals surface area contributed by atoms with Gasteiger partial charge in [0.25, 0.3) is 0 Å². The first-order valence-electron chi connectivity index (χ1n) is 10.5. The van der Waals surface area contributed by atoms with E-state index in [4.69, 9.17) is 4.74 Å². The number of ether oxygens (including phenoxy) is 1. The van der Waals surface area contributed by atoms with Crippen LogP contribution >= 0.6 is 0 Å². The molecule has 30 heavy (non-hydrogen) atoms. The van der Waals surface area contributed by atoms with E-state index in [2.05, 4.69) is 4.90 Å². The van der Waals surface area contributed by atoms with Crippen LogP contribution in [-0.2, 0) is 22.1 Å². The quantitative estimate of drug-likeness (QED) is 0.731. The number of nitrogens with zero attached hydrogens (tertiary/aromatic N) is 3. The van der Waals surface area contributed by atoms with Gasteiger partial charge in [-0.05, 0) is 49.9 Å². The molecule has 1 aromatic rings. The van der Waals surface area contributed by atoms with Crippen LogP contribution in [-0.4, -0.2) is 67.2 Å². The number of hydrogen-bond acceptors (Lipinski definition) is 4. The predicted molar refractivity (Wildman–Crippen MR) is 104 cm³/mol. The van der Waals surface area contributed by atoms with Gasteiger partial charge in [0.1, 0.15) is 0 Å². The first-order valence-corrected chi connectivity index (χ1v) is 10.5. The van der Waals surface area contributed by atoms with Gasteiger partial charge in [-0.3, -0.25) is 4.79 Å². The molecule has 9 heteroatoms. The fraction of sp³-hybridized carbons (Fsp3) is 0.619. The van der Waals surface area contributed by atoms with E-state index >= 15 is 0 Å². The number of benzene rings is 1. The number of piperazine rings is 1. The molecule has 0 spiro atoms. The molecule has 3 aliphatic heterocycles. The largest absolute Gasteiger partial charge is 0.450 e. The highest BCUT2D eigenvalue weighted by Crippen LogP contribution is 2.42. The molecule has 0 radical (unpaired) electrons. The Morgan fingerprint density at radius 3 is 2.47 bits per heavy atom. The van der Waals surface area contributed by atoms with Crippen molar-refractivity contribution in [3.05, 3.63) is 29.3 Å². The number of rotatable bonds is 2. The summed E-state index contributed by atoms with van der Waals surface area (Å²) in [4.78, 5) is 30.6. The van der Waals surface area contributed by atoms with E-state index in [1.807, 2.05) is 0 Å². The summed E-state index contributed by atoms with van der Waals surface area (Å²) in [7, 11) is 0. The topological polar surface area (TPSA) is 53.1 Å². The monoisotopic (exact) mass is 425 g/mol. The number of alkyl halides is 3. The Morgan fingerprint density at radius 2 is 1.80 bits per heavy atom. The van der Waals surface area contributed by atoms with Crippen molar-refractivity contribution >= 4 is 17.7 Å². The summed E-state index contributed by atoms with van der Waals surface area (Å²) in [6, 6.07) is 3.90. The molecule has 2 saturated heterocycles. The molecule has 4 rings (SSSR count). The first kappa shape index (κ1) is 20.8. The predicted octanol–water partition coefficient (Wildman–Crippen LogP) is 3.15. The van der Waals surface area contributed by atoms with Gasteiger partial charge in [-0.25, -0.2) is 4.79 Å². The number of amides is 2. The third-order valence-corrected chi connectivity index (χ3v) is 6.35. The van der Waals surface area contributed by atoms with Gasteiger partial charge in [0, 0.05) is 44.5 Å². The van der Waals surface area contributed by atoms with E-state index in [-0.39, 0.29) is 24.0 Å². The van der Waals surface area contributed by atoms with Crippen LogP contribution in [0.5, 0.6) is 0 Å². The van der Waals surface area contributed by atoms with Crippen LogP contribution in [0.2, 0.25) is 0 Å². The molecule has 0 aromatic heterocycles. The molecule has 0 bridgehead atoms. The van der Waals surface area contributed by atoms with Gasteiger partial charge < -0.3 is 19.4 Å². The first-order chi connectivity index (χ1) is 14.3. The van der Waals surface area contributed by atoms with E-state index in [1.54, 1.807) is 22.8 Å². The minimum atomic E-state index is -4.40. The Labute approximate surface area is 173 Å². The summed E-state index contributed by atoms with van der Waals surface area (Å²) in [5.41, 5.74) is 0.737. The molecule has 0 N–H and O–H groups in total. The van der Waals surface area contributed by atoms with Crippen LogP contribution in [0, 0.1) is 5.92 Å². The highest BCUT2D eigenvalue weighted by Gasteiger charge is 2.43. The Balaban J connectivity index is 1.51. The van der Waals surface area contributed by atoms with Gasteiger partial charge in [-0.2, -0.15) is 13.2 Å². The third kappa shape index (κ3) is 3.81. The van der Waals surface area contributed by atoms with Crippen molar-refractivity contribution < 1.29 is 27.5 Å². The molecular formula is C21H26F3N3O3. The number of carbonyl (C=O) groups excluding carboxylic acids is 2. The normalized spacial score (nSPS) is 23.8. The van der Waals surface area contributed by atoms with Crippen LogP contribution in [0.3, 0.4) is 0 Å². The van der Waals surface area contributed by atoms with Crippen molar-refractivity contribution in [2.45, 2.75) is 38.4 Å². The van der Waals surface area contributed by atoms with Gasteiger partial charge in [-0.15, -0.1) is 0 Å². The van der Waals surface area contributed by atoms with Gasteiger partial charge in [0.05, 0.1) is 18.1 Å². The van der Waals surface area contributed by atoms with E-state index < -0.39 is 11.7 Å². The van der Waals surface area contributed by atoms with Crippen molar-refractivity contribution in [3.63, 3.8) is 0 Å². The molecule has 6 nitrogen and oxygen atoms in total. The summed E-state index contributed by atoms with van der Waals surface area (Å²) < 4.78 is 44.6. The second kappa shape index (κ2) is 8.00. The van der Waals surface area contributed by atoms with Crippen LogP contribution < -0.4 is 4.90 Å². The highest BCUT2D eigenvalue weighted by molar-refractivity contribution is 5.82. The molecule has 3 heterocycles. The maximum atomic E-state index is 13.3. The summed E-state index contributed by atoms with van der Waals surface area (Å²) >= 11 is 0. The van der Waals surface area contributed by atoms with E-state index in [0.717, 1.165) is 31.1 Å². The molecule has 2 amide bonds. The van der Waals surface area contributed by atoms with Crippen LogP contribution in [0.25, 0.3) is 0 Å². The number of fused-ring (bicyclic) bond motifs is 3. The lowest BCUT2D eigenvalue weighted by atomic mass is 9.84. The van der Waals surface area contributed by atoms with Crippen LogP contribution in [0.1, 0.15) is 30.9 Å². The SMILES string of the molecule is CCOC(=O)N1CCN(C(=O)C2Cc3cc(C(F)(F)F)ccc3N3CCCC23)CC1. The van der Waals surface area contributed by atoms with Crippen molar-refractivity contribution in [1.82, 2.24) is 9.80 Å². The fourth-order valence-electron chi connectivity index (χ4n) is 4.90. The van der Waals surface area contributed by atoms with Crippen molar-refractivity contribution in [3.8, 4) is 0 Å². The molecule has 164 valence electrons. The number of anilines is 1. The Kier molecular flexibility index (Phi) is 5.55. The van der Waals surface area contributed by atoms with E-state index in [0.29, 0.717) is 44.8 Å². The molecule has 1 aromatic carbocycles. The lowest BCUT2D eigenvalue weighted by molar-refractivity contribution is -0.138. The maximum Gasteiger partial charge on any atom is 0.416 e. The Bertz CT molecular complexity index is 821. The fourth-order valence-corrected chi connectivity index (χ4v) is 4.90. The minimum Gasteiger partial charge on any atom is -0.450 e. The van der Waals surface area contributed by atoms with Crippen LogP contribution in [0.15, 0.2) is 18.2 Å². The van der Waals surface area contributed by atoms with Gasteiger partial charge in [-0.1, -0.05) is 0 Å². The summed E-state index contributed by atoms with van der Waals surface area (Å²) in [6.07, 6.45) is -2.68. The van der Waals surface area contributed by atoms with Gasteiger partial charge >= 0.3 is 12.3 Å². The lowest BCUT2D eigenvalue weighted by Gasteiger charge is -2.42. The highest BCUT2D eigenvalue weighted by atomic mass is 19.4. The second-order valence-corrected chi connectivity index (χ2v) is 8.07. The zero-order chi connectivity index (χ0) is 21.5. The van der Waals surface area contributed by atoms with E-state index in [1.165, 1.54) is 6.07 Å². The molecule has 3 aliphatic rings. The van der Waals surface area contributed by atoms with Crippen LogP contribution in [0.4, 0.5) is 23.7 Å². The number of carbonyl (C=O) groups is 2. The molecule has 2 fully saturated rings. The Hall–Kier alpha value is -2.45. The molecular weight excluding hydrogens is 399 g/mol. The number of hydrogen-bond donors (Lipinski definition) is 0. The van der Waals surface area contributed by atoms with Gasteiger partial charge in [0.15, 0.2) is 0 Å². The lowest BCUT2D eigenvalue weighted by Crippen LogP contribution is -2.55. The number of halogens is 3. The molecule has 0 aliphatic carbocycles. The standard InChI is InChI=1S/C21H26F3N3O3/c1-2-30-20(29)26-10-8-25(9-11-26)19(28)16-13-14-12-15(21(22,23)24)5-6-17(14)27-7-3-4-18(16)27/h5-6,12,16,18H,2-4,7-11,13H2,1H3. The summed E-state index contributed by atoms with van der Waals surface area (Å²) in [5.74, 6) is -0.393. The molecule has 2 unspecified atom stereocenters. The minimum absolute atomic E-state index is 0.0184. The average molecular weight is 425 g/mol. The summed E-state index contributed by atoms with van der Waals surface area (Å²) in [6.45, 7) is 4.43. The smallest absolute Gasteiger partial charge is 0.416 e. The molecule has 0 saturated carbocycles. The van der Waals surface area contributed by atoms with Crippen molar-refractivity contribution in [2.24, 2.45) is 5.92 Å². The summed E-state index contributed by atoms with van der Waals surface area (Å²) in [5, 5.41) is 0. The zero-order valence-corrected chi connectivity index (χ0v) is 17.0. The Morgan fingerprint density at radius 1 is 1.10 bits per heavy atom. The van der Waals surface area contributed by atoms with Crippen molar-refractivity contribution in [2.75, 3.05) is 44.2 Å². The average Bonchev–Trinajstić information content (AvgIpc) is 3.22. The van der Waals surface area contributed by atoms with E-state index in [9.17, 15) is 22.8 Å². The van der Waals surface area contributed by atoms with Gasteiger partial charge in [0.2, 0.25) is 5.91 Å². The maximum absolute atomic E-state index is 13.3. The zero-order valence-electron chi connectivity index (χ0n) is 17.0.